The molecule has 1 aliphatic carbocycles. The third kappa shape index (κ3) is 3.77. The minimum Gasteiger partial charge on any atom is -0.351 e. The number of anilines is 4. The highest BCUT2D eigenvalue weighted by Crippen LogP contribution is 2.46. The van der Waals surface area contributed by atoms with Crippen LogP contribution in [0.2, 0.25) is 0 Å². The summed E-state index contributed by atoms with van der Waals surface area (Å²) in [5.74, 6) is 2.32. The van der Waals surface area contributed by atoms with E-state index in [1.54, 1.807) is 6.08 Å². The van der Waals surface area contributed by atoms with Crippen molar-refractivity contribution in [2.45, 2.75) is 58.4 Å². The van der Waals surface area contributed by atoms with Crippen molar-refractivity contribution in [3.05, 3.63) is 47.9 Å². The van der Waals surface area contributed by atoms with Gasteiger partial charge in [0, 0.05) is 24.3 Å². The van der Waals surface area contributed by atoms with Crippen LogP contribution in [0.15, 0.2) is 42.4 Å². The van der Waals surface area contributed by atoms with Crippen LogP contribution in [0.3, 0.4) is 0 Å². The fourth-order valence-corrected chi connectivity index (χ4v) is 4.34. The first-order valence-electron chi connectivity index (χ1n) is 10.6. The Labute approximate surface area is 172 Å². The van der Waals surface area contributed by atoms with Crippen LogP contribution >= 0.6 is 0 Å². The first-order valence-corrected chi connectivity index (χ1v) is 10.6. The largest absolute Gasteiger partial charge is 0.351 e. The van der Waals surface area contributed by atoms with E-state index in [-0.39, 0.29) is 0 Å². The minimum atomic E-state index is 0.431. The van der Waals surface area contributed by atoms with Gasteiger partial charge in [-0.3, -0.25) is 4.90 Å². The molecule has 0 saturated heterocycles. The van der Waals surface area contributed by atoms with Crippen molar-refractivity contribution in [2.24, 2.45) is 0 Å². The van der Waals surface area contributed by atoms with Crippen molar-refractivity contribution < 1.29 is 0 Å². The highest BCUT2D eigenvalue weighted by atomic mass is 15.4. The van der Waals surface area contributed by atoms with Crippen LogP contribution in [-0.4, -0.2) is 22.6 Å². The molecule has 6 heteroatoms. The summed E-state index contributed by atoms with van der Waals surface area (Å²) in [4.78, 5) is 13.7. The lowest BCUT2D eigenvalue weighted by atomic mass is 10.1. The number of nitriles is 1. The molecule has 0 bridgehead atoms. The maximum Gasteiger partial charge on any atom is 0.224 e. The Balaban J connectivity index is 1.73. The number of para-hydroxylation sites is 2. The predicted octanol–water partition coefficient (Wildman–Crippen LogP) is 5.26. The molecular weight excluding hydrogens is 360 g/mol. The fraction of sp³-hybridized carbons (Fsp3) is 0.435. The lowest BCUT2D eigenvalue weighted by Gasteiger charge is -2.25. The van der Waals surface area contributed by atoms with Crippen LogP contribution in [0, 0.1) is 18.3 Å². The van der Waals surface area contributed by atoms with Crippen molar-refractivity contribution in [1.82, 2.24) is 9.97 Å². The summed E-state index contributed by atoms with van der Waals surface area (Å²) in [7, 11) is 0. The van der Waals surface area contributed by atoms with E-state index in [1.165, 1.54) is 38.5 Å². The number of hydrogen-bond donors (Lipinski definition) is 1. The van der Waals surface area contributed by atoms with Gasteiger partial charge in [-0.15, -0.1) is 0 Å². The van der Waals surface area contributed by atoms with E-state index in [0.717, 1.165) is 35.1 Å². The summed E-state index contributed by atoms with van der Waals surface area (Å²) in [6, 6.07) is 10.9. The quantitative estimate of drug-likeness (QED) is 0.569. The first-order chi connectivity index (χ1) is 14.2. The average molecular weight is 389 g/mol. The summed E-state index contributed by atoms with van der Waals surface area (Å²) >= 11 is 0. The molecule has 2 heterocycles. The molecule has 1 saturated carbocycles. The van der Waals surface area contributed by atoms with Gasteiger partial charge in [0.2, 0.25) is 5.95 Å². The third-order valence-electron chi connectivity index (χ3n) is 5.77. The maximum atomic E-state index is 9.43. The number of hydrogen-bond acceptors (Lipinski definition) is 6. The van der Waals surface area contributed by atoms with Gasteiger partial charge in [0.1, 0.15) is 11.6 Å². The Morgan fingerprint density at radius 2 is 1.90 bits per heavy atom. The number of aromatic nitrogens is 2. The lowest BCUT2D eigenvalue weighted by Crippen LogP contribution is -2.27. The zero-order chi connectivity index (χ0) is 20.2. The van der Waals surface area contributed by atoms with Gasteiger partial charge in [0.05, 0.1) is 23.5 Å². The third-order valence-corrected chi connectivity index (χ3v) is 5.77. The molecule has 1 aromatic heterocycles. The molecule has 1 N–H and O–H groups in total. The Morgan fingerprint density at radius 1 is 1.17 bits per heavy atom. The highest BCUT2D eigenvalue weighted by molar-refractivity contribution is 5.88. The smallest absolute Gasteiger partial charge is 0.224 e. The van der Waals surface area contributed by atoms with E-state index in [1.807, 2.05) is 25.3 Å². The van der Waals surface area contributed by atoms with Crippen LogP contribution in [0.1, 0.15) is 51.0 Å². The highest BCUT2D eigenvalue weighted by Gasteiger charge is 2.33. The maximum absolute atomic E-state index is 9.43. The minimum absolute atomic E-state index is 0.431. The van der Waals surface area contributed by atoms with Gasteiger partial charge >= 0.3 is 0 Å². The van der Waals surface area contributed by atoms with E-state index in [0.29, 0.717) is 12.0 Å². The van der Waals surface area contributed by atoms with Gasteiger partial charge in [0.15, 0.2) is 0 Å². The van der Waals surface area contributed by atoms with E-state index < -0.39 is 0 Å². The Kier molecular flexibility index (Phi) is 5.66. The van der Waals surface area contributed by atoms with Gasteiger partial charge in [0.25, 0.3) is 0 Å². The Hall–Kier alpha value is -3.07. The predicted molar refractivity (Wildman–Crippen MR) is 117 cm³/mol. The molecule has 2 aliphatic rings. The van der Waals surface area contributed by atoms with Crippen LogP contribution < -0.4 is 15.1 Å². The van der Waals surface area contributed by atoms with Crippen molar-refractivity contribution in [3.8, 4) is 6.07 Å². The zero-order valence-electron chi connectivity index (χ0n) is 17.2. The molecule has 2 aromatic rings. The van der Waals surface area contributed by atoms with E-state index in [4.69, 9.17) is 4.98 Å². The first kappa shape index (κ1) is 19.3. The normalized spacial score (nSPS) is 18.4. The number of allylic oxidation sites excluding steroid dienone is 1. The van der Waals surface area contributed by atoms with E-state index in [9.17, 15) is 5.26 Å². The van der Waals surface area contributed by atoms with Gasteiger partial charge < -0.3 is 10.2 Å². The molecule has 1 aromatic carbocycles. The summed E-state index contributed by atoms with van der Waals surface area (Å²) in [5.41, 5.74) is 3.11. The lowest BCUT2D eigenvalue weighted by molar-refractivity contribution is 0.614. The SMILES string of the molecule is CCN1C(=CC#N)N(c2nc(NC3CCCCCC3)ncc2C)c2ccccc21. The Morgan fingerprint density at radius 3 is 2.59 bits per heavy atom. The van der Waals surface area contributed by atoms with Crippen LogP contribution in [0.5, 0.6) is 0 Å². The molecule has 6 nitrogen and oxygen atoms in total. The second-order valence-electron chi connectivity index (χ2n) is 7.73. The molecule has 0 radical (unpaired) electrons. The van der Waals surface area contributed by atoms with Crippen molar-refractivity contribution >= 4 is 23.1 Å². The van der Waals surface area contributed by atoms with E-state index in [2.05, 4.69) is 45.2 Å². The number of rotatable bonds is 4. The summed E-state index contributed by atoms with van der Waals surface area (Å²) in [5, 5.41) is 13.0. The topological polar surface area (TPSA) is 68.1 Å². The van der Waals surface area contributed by atoms with Crippen molar-refractivity contribution in [1.29, 1.82) is 5.26 Å². The summed E-state index contributed by atoms with van der Waals surface area (Å²) in [6.45, 7) is 4.89. The molecule has 150 valence electrons. The molecule has 4 rings (SSSR count). The number of aryl methyl sites for hydroxylation is 1. The summed E-state index contributed by atoms with van der Waals surface area (Å²) < 4.78 is 0. The number of nitrogens with zero attached hydrogens (tertiary/aromatic N) is 5. The second-order valence-corrected chi connectivity index (χ2v) is 7.73. The second kappa shape index (κ2) is 8.52. The van der Waals surface area contributed by atoms with E-state index >= 15 is 0 Å². The molecule has 1 aliphatic heterocycles. The zero-order valence-corrected chi connectivity index (χ0v) is 17.2. The fourth-order valence-electron chi connectivity index (χ4n) is 4.34. The summed E-state index contributed by atoms with van der Waals surface area (Å²) in [6.07, 6.45) is 11.0. The van der Waals surface area contributed by atoms with Crippen LogP contribution in [-0.2, 0) is 0 Å². The molecule has 29 heavy (non-hydrogen) atoms. The van der Waals surface area contributed by atoms with Crippen molar-refractivity contribution in [3.63, 3.8) is 0 Å². The molecule has 0 amide bonds. The molecule has 0 spiro atoms. The molecule has 0 unspecified atom stereocenters. The number of fused-ring (bicyclic) bond motifs is 1. The van der Waals surface area contributed by atoms with Crippen LogP contribution in [0.4, 0.5) is 23.1 Å². The van der Waals surface area contributed by atoms with Crippen molar-refractivity contribution in [2.75, 3.05) is 21.7 Å². The van der Waals surface area contributed by atoms with Crippen LogP contribution in [0.25, 0.3) is 0 Å². The Bertz CT molecular complexity index is 937. The number of benzene rings is 1. The van der Waals surface area contributed by atoms with Gasteiger partial charge in [-0.1, -0.05) is 37.8 Å². The van der Waals surface area contributed by atoms with Gasteiger partial charge in [-0.05, 0) is 38.8 Å². The monoisotopic (exact) mass is 388 g/mol. The molecule has 0 atom stereocenters. The average Bonchev–Trinajstić information content (AvgIpc) is 2.86. The van der Waals surface area contributed by atoms with Gasteiger partial charge in [-0.25, -0.2) is 4.98 Å². The molecule has 1 fully saturated rings. The molecular formula is C23H28N6. The standard InChI is InChI=1S/C23H28N6/c1-3-28-19-12-8-9-13-20(19)29(21(28)14-15-24)22-17(2)16-25-23(27-22)26-18-10-6-4-5-7-11-18/h8-9,12-14,16,18H,3-7,10-11H2,1-2H3,(H,25,26,27). The van der Waals surface area contributed by atoms with Gasteiger partial charge in [-0.2, -0.15) is 10.2 Å². The number of nitrogens with one attached hydrogen (secondary N) is 1.